The van der Waals surface area contributed by atoms with E-state index in [1.165, 1.54) is 11.1 Å². The van der Waals surface area contributed by atoms with Crippen LogP contribution < -0.4 is 11.1 Å². The first-order chi connectivity index (χ1) is 9.08. The van der Waals surface area contributed by atoms with E-state index < -0.39 is 0 Å². The van der Waals surface area contributed by atoms with Crippen LogP contribution in [0.1, 0.15) is 30.8 Å². The molecule has 0 amide bonds. The number of aromatic nitrogens is 2. The molecule has 1 heterocycles. The highest BCUT2D eigenvalue weighted by molar-refractivity contribution is 5.77. The maximum absolute atomic E-state index is 5.67. The molecule has 0 fully saturated rings. The SMILES string of the molecule is CNC(c1ccc2c(c1)nc(C)n2C)C(C)CCN. The predicted octanol–water partition coefficient (Wildman–Crippen LogP) is 2.13. The van der Waals surface area contributed by atoms with E-state index in [9.17, 15) is 0 Å². The monoisotopic (exact) mass is 260 g/mol. The number of hydrogen-bond donors (Lipinski definition) is 2. The minimum absolute atomic E-state index is 0.329. The summed E-state index contributed by atoms with van der Waals surface area (Å²) in [5, 5.41) is 3.40. The van der Waals surface area contributed by atoms with Gasteiger partial charge < -0.3 is 15.6 Å². The Bertz CT molecular complexity index is 559. The number of nitrogens with two attached hydrogens (primary N) is 1. The van der Waals surface area contributed by atoms with Crippen LogP contribution in [0.4, 0.5) is 0 Å². The van der Waals surface area contributed by atoms with E-state index in [-0.39, 0.29) is 0 Å². The summed E-state index contributed by atoms with van der Waals surface area (Å²) >= 11 is 0. The van der Waals surface area contributed by atoms with Crippen molar-refractivity contribution in [3.8, 4) is 0 Å². The van der Waals surface area contributed by atoms with Gasteiger partial charge in [-0.2, -0.15) is 0 Å². The summed E-state index contributed by atoms with van der Waals surface area (Å²) in [6, 6.07) is 6.87. The van der Waals surface area contributed by atoms with Crippen LogP contribution in [0.5, 0.6) is 0 Å². The van der Waals surface area contributed by atoms with Crippen molar-refractivity contribution < 1.29 is 0 Å². The van der Waals surface area contributed by atoms with Gasteiger partial charge in [-0.1, -0.05) is 13.0 Å². The average molecular weight is 260 g/mol. The summed E-state index contributed by atoms with van der Waals surface area (Å²) in [6.07, 6.45) is 1.02. The standard InChI is InChI=1S/C15H24N4/c1-10(7-8-16)15(17-3)12-5-6-14-13(9-12)18-11(2)19(14)4/h5-6,9-10,15,17H,7-8,16H2,1-4H3. The first-order valence-electron chi connectivity index (χ1n) is 6.88. The molecule has 1 aromatic heterocycles. The molecular weight excluding hydrogens is 236 g/mol. The first-order valence-corrected chi connectivity index (χ1v) is 6.88. The number of nitrogens with zero attached hydrogens (tertiary/aromatic N) is 2. The van der Waals surface area contributed by atoms with Crippen molar-refractivity contribution >= 4 is 11.0 Å². The lowest BCUT2D eigenvalue weighted by Gasteiger charge is -2.23. The molecule has 0 bridgehead atoms. The molecule has 0 spiro atoms. The minimum atomic E-state index is 0.329. The lowest BCUT2D eigenvalue weighted by molar-refractivity contribution is 0.392. The summed E-state index contributed by atoms with van der Waals surface area (Å²) in [7, 11) is 4.06. The Labute approximate surface area is 115 Å². The Morgan fingerprint density at radius 2 is 2.16 bits per heavy atom. The van der Waals surface area contributed by atoms with Gasteiger partial charge in [0.1, 0.15) is 5.82 Å². The van der Waals surface area contributed by atoms with E-state index in [1.54, 1.807) is 0 Å². The minimum Gasteiger partial charge on any atom is -0.331 e. The lowest BCUT2D eigenvalue weighted by Crippen LogP contribution is -2.25. The number of rotatable bonds is 5. The Morgan fingerprint density at radius 3 is 2.79 bits per heavy atom. The summed E-state index contributed by atoms with van der Waals surface area (Å²) in [6.45, 7) is 5.00. The smallest absolute Gasteiger partial charge is 0.106 e. The fourth-order valence-corrected chi connectivity index (χ4v) is 2.74. The highest BCUT2D eigenvalue weighted by Crippen LogP contribution is 2.26. The van der Waals surface area contributed by atoms with Crippen molar-refractivity contribution in [3.63, 3.8) is 0 Å². The zero-order valence-corrected chi connectivity index (χ0v) is 12.3. The van der Waals surface area contributed by atoms with Crippen molar-refractivity contribution in [2.75, 3.05) is 13.6 Å². The molecule has 0 aliphatic heterocycles. The molecule has 2 atom stereocenters. The Balaban J connectivity index is 2.38. The second-order valence-electron chi connectivity index (χ2n) is 5.29. The van der Waals surface area contributed by atoms with Crippen LogP contribution in [0.2, 0.25) is 0 Å². The average Bonchev–Trinajstić information content (AvgIpc) is 2.66. The van der Waals surface area contributed by atoms with Crippen molar-refractivity contribution in [3.05, 3.63) is 29.6 Å². The van der Waals surface area contributed by atoms with Gasteiger partial charge in [-0.05, 0) is 50.6 Å². The summed E-state index contributed by atoms with van der Waals surface area (Å²) in [5.74, 6) is 1.56. The van der Waals surface area contributed by atoms with Crippen LogP contribution in [-0.2, 0) is 7.05 Å². The maximum atomic E-state index is 5.67. The highest BCUT2D eigenvalue weighted by atomic mass is 15.0. The van der Waals surface area contributed by atoms with Crippen molar-refractivity contribution in [2.45, 2.75) is 26.3 Å². The summed E-state index contributed by atoms with van der Waals surface area (Å²) < 4.78 is 2.12. The van der Waals surface area contributed by atoms with Crippen molar-refractivity contribution in [2.24, 2.45) is 18.7 Å². The first kappa shape index (κ1) is 14.0. The molecule has 104 valence electrons. The van der Waals surface area contributed by atoms with Gasteiger partial charge in [-0.15, -0.1) is 0 Å². The maximum Gasteiger partial charge on any atom is 0.106 e. The molecule has 0 aliphatic carbocycles. The number of aryl methyl sites for hydroxylation is 2. The Kier molecular flexibility index (Phi) is 4.22. The summed E-state index contributed by atoms with van der Waals surface area (Å²) in [5.41, 5.74) is 9.21. The molecule has 0 aliphatic rings. The third-order valence-corrected chi connectivity index (χ3v) is 3.99. The molecule has 0 saturated carbocycles. The largest absolute Gasteiger partial charge is 0.331 e. The fourth-order valence-electron chi connectivity index (χ4n) is 2.74. The van der Waals surface area contributed by atoms with Gasteiger partial charge >= 0.3 is 0 Å². The Hall–Kier alpha value is -1.39. The molecule has 2 aromatic rings. The third-order valence-electron chi connectivity index (χ3n) is 3.99. The molecule has 0 radical (unpaired) electrons. The van der Waals surface area contributed by atoms with Gasteiger partial charge in [0.25, 0.3) is 0 Å². The topological polar surface area (TPSA) is 55.9 Å². The highest BCUT2D eigenvalue weighted by Gasteiger charge is 2.18. The second kappa shape index (κ2) is 5.72. The Morgan fingerprint density at radius 1 is 1.42 bits per heavy atom. The van der Waals surface area contributed by atoms with Crippen LogP contribution in [0, 0.1) is 12.8 Å². The molecule has 4 heteroatoms. The van der Waals surface area contributed by atoms with Crippen LogP contribution in [0.25, 0.3) is 11.0 Å². The fraction of sp³-hybridized carbons (Fsp3) is 0.533. The van der Waals surface area contributed by atoms with Crippen molar-refractivity contribution in [1.29, 1.82) is 0 Å². The normalized spacial score (nSPS) is 14.8. The molecular formula is C15H24N4. The van der Waals surface area contributed by atoms with Gasteiger partial charge in [-0.25, -0.2) is 4.98 Å². The van der Waals surface area contributed by atoms with Crippen LogP contribution in [0.3, 0.4) is 0 Å². The predicted molar refractivity (Wildman–Crippen MR) is 80.1 cm³/mol. The molecule has 1 aromatic carbocycles. The van der Waals surface area contributed by atoms with E-state index in [0.717, 1.165) is 24.3 Å². The number of fused-ring (bicyclic) bond motifs is 1. The third kappa shape index (κ3) is 2.65. The lowest BCUT2D eigenvalue weighted by atomic mass is 9.92. The molecule has 3 N–H and O–H groups in total. The van der Waals surface area contributed by atoms with Crippen LogP contribution >= 0.6 is 0 Å². The van der Waals surface area contributed by atoms with Gasteiger partial charge in [0.05, 0.1) is 11.0 Å². The van der Waals surface area contributed by atoms with E-state index >= 15 is 0 Å². The van der Waals surface area contributed by atoms with Gasteiger partial charge in [0.15, 0.2) is 0 Å². The van der Waals surface area contributed by atoms with E-state index in [2.05, 4.69) is 47.0 Å². The van der Waals surface area contributed by atoms with Gasteiger partial charge in [-0.3, -0.25) is 0 Å². The molecule has 4 nitrogen and oxygen atoms in total. The van der Waals surface area contributed by atoms with E-state index in [0.29, 0.717) is 12.0 Å². The number of benzene rings is 1. The van der Waals surface area contributed by atoms with Crippen molar-refractivity contribution in [1.82, 2.24) is 14.9 Å². The molecule has 2 rings (SSSR count). The second-order valence-corrected chi connectivity index (χ2v) is 5.29. The zero-order chi connectivity index (χ0) is 14.0. The van der Waals surface area contributed by atoms with Gasteiger partial charge in [0, 0.05) is 13.1 Å². The van der Waals surface area contributed by atoms with E-state index in [4.69, 9.17) is 5.73 Å². The van der Waals surface area contributed by atoms with Crippen LogP contribution in [0.15, 0.2) is 18.2 Å². The molecule has 0 saturated heterocycles. The number of hydrogen-bond acceptors (Lipinski definition) is 3. The quantitative estimate of drug-likeness (QED) is 0.866. The molecule has 19 heavy (non-hydrogen) atoms. The molecule has 2 unspecified atom stereocenters. The number of nitrogens with one attached hydrogen (secondary N) is 1. The number of imidazole rings is 1. The van der Waals surface area contributed by atoms with Gasteiger partial charge in [0.2, 0.25) is 0 Å². The summed E-state index contributed by atoms with van der Waals surface area (Å²) in [4.78, 5) is 4.61. The zero-order valence-electron chi connectivity index (χ0n) is 12.3. The van der Waals surface area contributed by atoms with E-state index in [1.807, 2.05) is 14.0 Å². The van der Waals surface area contributed by atoms with Crippen LogP contribution in [-0.4, -0.2) is 23.1 Å².